The van der Waals surface area contributed by atoms with Crippen molar-refractivity contribution in [2.45, 2.75) is 61.9 Å². The van der Waals surface area contributed by atoms with Gasteiger partial charge in [0.05, 0.1) is 4.90 Å². The maximum atomic E-state index is 15.9. The molecule has 6 rings (SSSR count). The summed E-state index contributed by atoms with van der Waals surface area (Å²) in [7, 11) is -3.83. The highest BCUT2D eigenvalue weighted by molar-refractivity contribution is 7.89. The molecule has 0 unspecified atom stereocenters. The number of nitrogens with one attached hydrogen (secondary N) is 2. The Morgan fingerprint density at radius 3 is 2.34 bits per heavy atom. The number of carbonyl (C=O) groups excluding carboxylic acids is 2. The topological polar surface area (TPSA) is 141 Å². The number of alkyl halides is 2. The van der Waals surface area contributed by atoms with Crippen LogP contribution in [0.1, 0.15) is 44.6 Å². The van der Waals surface area contributed by atoms with E-state index in [1.165, 1.54) is 28.6 Å². The Balaban J connectivity index is 1.06. The van der Waals surface area contributed by atoms with Crippen molar-refractivity contribution >= 4 is 44.9 Å². The fourth-order valence-electron chi connectivity index (χ4n) is 7.18. The number of aromatic nitrogens is 1. The minimum atomic E-state index is -3.83. The van der Waals surface area contributed by atoms with E-state index in [2.05, 4.69) is 22.5 Å². The van der Waals surface area contributed by atoms with E-state index in [1.807, 2.05) is 0 Å². The molecule has 11 nitrogen and oxygen atoms in total. The van der Waals surface area contributed by atoms with E-state index in [0.29, 0.717) is 31.0 Å². The average molecular weight is 694 g/mol. The molecule has 0 spiro atoms. The second-order valence-electron chi connectivity index (χ2n) is 13.3. The fourth-order valence-corrected chi connectivity index (χ4v) is 8.81. The summed E-state index contributed by atoms with van der Waals surface area (Å²) in [6.45, 7) is 4.78. The number of hydrogen-bond acceptors (Lipinski definition) is 8. The van der Waals surface area contributed by atoms with Crippen molar-refractivity contribution in [3.63, 3.8) is 0 Å². The minimum Gasteiger partial charge on any atom is -0.354 e. The lowest BCUT2D eigenvalue weighted by Gasteiger charge is -2.36. The van der Waals surface area contributed by atoms with Crippen molar-refractivity contribution in [3.8, 4) is 0 Å². The SMILES string of the molecule is C[C@H]1CNC[C@@H]1NC(=O)C1CCC(C(F)(F)c2cc(Cl)nc(N3CCN(S(=O)(=O)c4ccc(N5C[C@H](N)CC5=O)cc4)CC3)c2)CC1. The van der Waals surface area contributed by atoms with E-state index >= 15 is 8.78 Å². The van der Waals surface area contributed by atoms with Crippen LogP contribution in [0.2, 0.25) is 5.15 Å². The molecule has 1 aromatic heterocycles. The zero-order valence-corrected chi connectivity index (χ0v) is 27.9. The number of sulfonamides is 1. The number of carbonyl (C=O) groups is 2. The van der Waals surface area contributed by atoms with Crippen molar-refractivity contribution in [1.82, 2.24) is 19.9 Å². The van der Waals surface area contributed by atoms with E-state index in [-0.39, 0.29) is 96.7 Å². The van der Waals surface area contributed by atoms with E-state index in [9.17, 15) is 18.0 Å². The van der Waals surface area contributed by atoms with Gasteiger partial charge >= 0.3 is 0 Å². The first-order valence-electron chi connectivity index (χ1n) is 16.3. The maximum absolute atomic E-state index is 15.9. The van der Waals surface area contributed by atoms with Gasteiger partial charge in [-0.3, -0.25) is 9.59 Å². The van der Waals surface area contributed by atoms with Crippen molar-refractivity contribution < 1.29 is 26.8 Å². The molecule has 256 valence electrons. The Morgan fingerprint density at radius 1 is 1.06 bits per heavy atom. The molecular formula is C32H42ClF2N7O4S. The van der Waals surface area contributed by atoms with Gasteiger partial charge in [0.2, 0.25) is 21.8 Å². The number of halogens is 3. The van der Waals surface area contributed by atoms with Crippen LogP contribution in [0.3, 0.4) is 0 Å². The van der Waals surface area contributed by atoms with Gasteiger partial charge in [0.1, 0.15) is 11.0 Å². The summed E-state index contributed by atoms with van der Waals surface area (Å²) in [6.07, 6.45) is 1.49. The molecule has 3 atom stereocenters. The summed E-state index contributed by atoms with van der Waals surface area (Å²) in [4.78, 5) is 32.7. The second kappa shape index (κ2) is 13.5. The van der Waals surface area contributed by atoms with E-state index < -0.39 is 21.9 Å². The van der Waals surface area contributed by atoms with Crippen LogP contribution >= 0.6 is 11.6 Å². The predicted molar refractivity (Wildman–Crippen MR) is 175 cm³/mol. The van der Waals surface area contributed by atoms with Crippen LogP contribution in [-0.4, -0.2) is 87.4 Å². The predicted octanol–water partition coefficient (Wildman–Crippen LogP) is 2.93. The lowest BCUT2D eigenvalue weighted by atomic mass is 9.77. The number of rotatable bonds is 8. The van der Waals surface area contributed by atoms with Crippen LogP contribution < -0.4 is 26.2 Å². The number of hydrogen-bond donors (Lipinski definition) is 3. The number of pyridine rings is 1. The molecule has 47 heavy (non-hydrogen) atoms. The molecule has 2 amide bonds. The van der Waals surface area contributed by atoms with Gasteiger partial charge in [-0.05, 0) is 74.5 Å². The first-order chi connectivity index (χ1) is 22.3. The lowest BCUT2D eigenvalue weighted by Crippen LogP contribution is -2.49. The highest BCUT2D eigenvalue weighted by Gasteiger charge is 2.45. The van der Waals surface area contributed by atoms with Gasteiger partial charge in [-0.1, -0.05) is 18.5 Å². The summed E-state index contributed by atoms with van der Waals surface area (Å²) in [5.41, 5.74) is 6.25. The zero-order chi connectivity index (χ0) is 33.5. The Labute approximate surface area is 279 Å². The van der Waals surface area contributed by atoms with Gasteiger partial charge in [0.25, 0.3) is 5.92 Å². The first-order valence-corrected chi connectivity index (χ1v) is 18.1. The third-order valence-corrected chi connectivity index (χ3v) is 12.2. The van der Waals surface area contributed by atoms with Crippen molar-refractivity contribution in [2.75, 3.05) is 55.6 Å². The van der Waals surface area contributed by atoms with Crippen molar-refractivity contribution in [2.24, 2.45) is 23.5 Å². The lowest BCUT2D eigenvalue weighted by molar-refractivity contribution is -0.130. The summed E-state index contributed by atoms with van der Waals surface area (Å²) >= 11 is 6.26. The number of amides is 2. The number of nitrogens with two attached hydrogens (primary N) is 1. The average Bonchev–Trinajstić information content (AvgIpc) is 3.63. The van der Waals surface area contributed by atoms with Crippen LogP contribution in [0, 0.1) is 17.8 Å². The molecular weight excluding hydrogens is 652 g/mol. The van der Waals surface area contributed by atoms with Gasteiger partial charge in [0, 0.05) is 80.9 Å². The fraction of sp³-hybridized carbons (Fsp3) is 0.594. The van der Waals surface area contributed by atoms with Gasteiger partial charge in [-0.15, -0.1) is 0 Å². The Kier molecular flexibility index (Phi) is 9.79. The van der Waals surface area contributed by atoms with E-state index in [1.54, 1.807) is 21.9 Å². The molecule has 15 heteroatoms. The normalized spacial score (nSPS) is 27.8. The third-order valence-electron chi connectivity index (χ3n) is 10.1. The largest absolute Gasteiger partial charge is 0.354 e. The van der Waals surface area contributed by atoms with Crippen LogP contribution in [0.25, 0.3) is 0 Å². The summed E-state index contributed by atoms with van der Waals surface area (Å²) in [5, 5.41) is 6.30. The standard InChI is InChI=1S/C32H42ClF2N7O4S/c1-20-17-37-18-27(20)38-31(44)21-2-4-22(5-3-21)32(34,35)23-14-28(33)39-29(15-23)40-10-12-41(13-11-40)47(45,46)26-8-6-25(7-9-26)42-19-24(36)16-30(42)43/h6-9,14-15,20-22,24,27,37H,2-5,10-13,16-19,36H2,1H3,(H,38,44)/t20-,21?,22?,24+,27-/m0/s1. The molecule has 4 fully saturated rings. The van der Waals surface area contributed by atoms with Crippen LogP contribution in [0.4, 0.5) is 20.3 Å². The monoisotopic (exact) mass is 693 g/mol. The number of benzene rings is 1. The highest BCUT2D eigenvalue weighted by atomic mass is 35.5. The Bertz CT molecular complexity index is 1580. The molecule has 1 saturated carbocycles. The minimum absolute atomic E-state index is 0.0523. The summed E-state index contributed by atoms with van der Waals surface area (Å²) < 4.78 is 60.0. The van der Waals surface area contributed by atoms with E-state index in [4.69, 9.17) is 17.3 Å². The first kappa shape index (κ1) is 34.0. The molecule has 4 N–H and O–H groups in total. The molecule has 1 aromatic carbocycles. The van der Waals surface area contributed by atoms with E-state index in [0.717, 1.165) is 13.1 Å². The summed E-state index contributed by atoms with van der Waals surface area (Å²) in [6, 6.07) is 8.55. The van der Waals surface area contributed by atoms with Crippen molar-refractivity contribution in [1.29, 1.82) is 0 Å². The van der Waals surface area contributed by atoms with Gasteiger partial charge in [-0.2, -0.15) is 4.31 Å². The molecule has 1 aliphatic carbocycles. The molecule has 3 aliphatic heterocycles. The number of anilines is 2. The molecule has 0 bridgehead atoms. The molecule has 4 aliphatic rings. The van der Waals surface area contributed by atoms with Crippen molar-refractivity contribution in [3.05, 3.63) is 47.1 Å². The molecule has 4 heterocycles. The van der Waals surface area contributed by atoms with Gasteiger partial charge < -0.3 is 26.2 Å². The molecule has 3 saturated heterocycles. The summed E-state index contributed by atoms with van der Waals surface area (Å²) in [5.74, 6) is -3.92. The number of nitrogens with zero attached hydrogens (tertiary/aromatic N) is 4. The zero-order valence-electron chi connectivity index (χ0n) is 26.4. The van der Waals surface area contributed by atoms with Gasteiger partial charge in [-0.25, -0.2) is 22.2 Å². The van der Waals surface area contributed by atoms with Crippen LogP contribution in [0.5, 0.6) is 0 Å². The maximum Gasteiger partial charge on any atom is 0.276 e. The second-order valence-corrected chi connectivity index (χ2v) is 15.6. The Hall–Kier alpha value is -2.91. The van der Waals surface area contributed by atoms with Crippen LogP contribution in [-0.2, 0) is 25.5 Å². The van der Waals surface area contributed by atoms with Crippen LogP contribution in [0.15, 0.2) is 41.3 Å². The third kappa shape index (κ3) is 7.12. The highest BCUT2D eigenvalue weighted by Crippen LogP contribution is 2.46. The Morgan fingerprint density at radius 2 is 1.74 bits per heavy atom. The number of piperazine rings is 1. The quantitative estimate of drug-likeness (QED) is 0.359. The smallest absolute Gasteiger partial charge is 0.276 e. The molecule has 0 radical (unpaired) electrons. The van der Waals surface area contributed by atoms with Gasteiger partial charge in [0.15, 0.2) is 0 Å². The molecule has 2 aromatic rings.